The van der Waals surface area contributed by atoms with E-state index in [0.29, 0.717) is 18.0 Å². The minimum atomic E-state index is -1.24. The third kappa shape index (κ3) is 3.18. The summed E-state index contributed by atoms with van der Waals surface area (Å²) in [6, 6.07) is 6.54. The summed E-state index contributed by atoms with van der Waals surface area (Å²) in [4.78, 5) is 37.0. The minimum absolute atomic E-state index is 0.390. The van der Waals surface area contributed by atoms with Crippen molar-refractivity contribution in [2.75, 3.05) is 0 Å². The third-order valence-electron chi connectivity index (χ3n) is 5.06. The van der Waals surface area contributed by atoms with Crippen LogP contribution in [-0.2, 0) is 11.3 Å². The summed E-state index contributed by atoms with van der Waals surface area (Å²) in [5.74, 6) is -0.000690. The molecule has 1 aliphatic rings. The van der Waals surface area contributed by atoms with Crippen molar-refractivity contribution in [2.24, 2.45) is 11.7 Å². The van der Waals surface area contributed by atoms with Gasteiger partial charge in [0.1, 0.15) is 5.54 Å². The van der Waals surface area contributed by atoms with Crippen LogP contribution >= 0.6 is 0 Å². The Morgan fingerprint density at radius 2 is 1.88 bits per heavy atom. The number of aryl methyl sites for hydroxylation is 1. The normalized spacial score (nSPS) is 15.1. The second-order valence-electron chi connectivity index (χ2n) is 7.26. The number of primary amides is 1. The van der Waals surface area contributed by atoms with E-state index in [1.165, 1.54) is 33.1 Å². The van der Waals surface area contributed by atoms with E-state index >= 15 is 0 Å². The Labute approximate surface area is 145 Å². The molecule has 1 aromatic carbocycles. The SMILES string of the molecule is CC(C)(NC(=O)n1c(=O)n(CCC2CCC2)c2ccccc21)C(N)=O. The van der Waals surface area contributed by atoms with Crippen LogP contribution in [0.2, 0.25) is 0 Å². The molecule has 0 aliphatic heterocycles. The Morgan fingerprint density at radius 1 is 1.24 bits per heavy atom. The van der Waals surface area contributed by atoms with Gasteiger partial charge < -0.3 is 11.1 Å². The average Bonchev–Trinajstić information content (AvgIpc) is 2.77. The zero-order valence-corrected chi connectivity index (χ0v) is 14.6. The van der Waals surface area contributed by atoms with E-state index in [9.17, 15) is 14.4 Å². The molecule has 3 N–H and O–H groups in total. The zero-order valence-electron chi connectivity index (χ0n) is 14.6. The molecular weight excluding hydrogens is 320 g/mol. The molecule has 7 nitrogen and oxygen atoms in total. The lowest BCUT2D eigenvalue weighted by molar-refractivity contribution is -0.122. The number of benzene rings is 1. The number of fused-ring (bicyclic) bond motifs is 1. The monoisotopic (exact) mass is 344 g/mol. The Hall–Kier alpha value is -2.57. The number of nitrogens with one attached hydrogen (secondary N) is 1. The first kappa shape index (κ1) is 17.3. The van der Waals surface area contributed by atoms with Crippen LogP contribution < -0.4 is 16.7 Å². The van der Waals surface area contributed by atoms with Crippen LogP contribution in [0.1, 0.15) is 39.5 Å². The highest BCUT2D eigenvalue weighted by Crippen LogP contribution is 2.30. The number of hydrogen-bond acceptors (Lipinski definition) is 3. The number of hydrogen-bond donors (Lipinski definition) is 2. The first-order chi connectivity index (χ1) is 11.8. The molecule has 1 aromatic heterocycles. The van der Waals surface area contributed by atoms with E-state index in [1.54, 1.807) is 16.7 Å². The van der Waals surface area contributed by atoms with Crippen molar-refractivity contribution in [2.45, 2.75) is 51.6 Å². The maximum atomic E-state index is 12.9. The highest BCUT2D eigenvalue weighted by Gasteiger charge is 2.29. The number of carbonyl (C=O) groups is 2. The fraction of sp³-hybridized carbons (Fsp3) is 0.500. The van der Waals surface area contributed by atoms with Gasteiger partial charge in [0.25, 0.3) is 0 Å². The van der Waals surface area contributed by atoms with Crippen LogP contribution in [0.25, 0.3) is 11.0 Å². The number of nitrogens with two attached hydrogens (primary N) is 1. The second kappa shape index (κ2) is 6.38. The fourth-order valence-electron chi connectivity index (χ4n) is 3.10. The van der Waals surface area contributed by atoms with Crippen LogP contribution in [0, 0.1) is 5.92 Å². The lowest BCUT2D eigenvalue weighted by atomic mass is 9.83. The van der Waals surface area contributed by atoms with Gasteiger partial charge >= 0.3 is 11.7 Å². The summed E-state index contributed by atoms with van der Waals surface area (Å²) in [5, 5.41) is 2.54. The molecule has 1 heterocycles. The summed E-state index contributed by atoms with van der Waals surface area (Å²) in [5.41, 5.74) is 4.92. The molecule has 2 aromatic rings. The van der Waals surface area contributed by atoms with Gasteiger partial charge in [0.15, 0.2) is 0 Å². The third-order valence-corrected chi connectivity index (χ3v) is 5.06. The molecule has 1 fully saturated rings. The van der Waals surface area contributed by atoms with Crippen LogP contribution in [0.3, 0.4) is 0 Å². The van der Waals surface area contributed by atoms with Crippen LogP contribution in [-0.4, -0.2) is 26.6 Å². The number of para-hydroxylation sites is 2. The molecular formula is C18H24N4O3. The molecule has 0 atom stereocenters. The number of imidazole rings is 1. The Kier molecular flexibility index (Phi) is 4.41. The zero-order chi connectivity index (χ0) is 18.2. The Bertz CT molecular complexity index is 874. The molecule has 0 spiro atoms. The standard InChI is InChI=1S/C18H24N4O3/c1-18(2,15(19)23)20-16(24)22-14-9-4-3-8-13(14)21(17(22)25)11-10-12-6-5-7-12/h3-4,8-9,12H,5-7,10-11H2,1-2H3,(H2,19,23)(H,20,24). The molecule has 7 heteroatoms. The highest BCUT2D eigenvalue weighted by molar-refractivity contribution is 5.93. The van der Waals surface area contributed by atoms with Crippen molar-refractivity contribution in [1.82, 2.24) is 14.5 Å². The van der Waals surface area contributed by atoms with Crippen molar-refractivity contribution < 1.29 is 9.59 Å². The largest absolute Gasteiger partial charge is 0.368 e. The van der Waals surface area contributed by atoms with Gasteiger partial charge in [0.05, 0.1) is 11.0 Å². The molecule has 3 rings (SSSR count). The van der Waals surface area contributed by atoms with Crippen molar-refractivity contribution in [3.05, 3.63) is 34.7 Å². The molecule has 1 aliphatic carbocycles. The number of aromatic nitrogens is 2. The second-order valence-corrected chi connectivity index (χ2v) is 7.26. The molecule has 0 unspecified atom stereocenters. The van der Waals surface area contributed by atoms with Gasteiger partial charge in [-0.05, 0) is 38.3 Å². The van der Waals surface area contributed by atoms with E-state index in [1.807, 2.05) is 12.1 Å². The average molecular weight is 344 g/mol. The highest BCUT2D eigenvalue weighted by atomic mass is 16.2. The fourth-order valence-corrected chi connectivity index (χ4v) is 3.10. The van der Waals surface area contributed by atoms with Crippen molar-refractivity contribution in [1.29, 1.82) is 0 Å². The smallest absolute Gasteiger partial charge is 0.337 e. The summed E-state index contributed by atoms with van der Waals surface area (Å²) in [6.45, 7) is 3.60. The Morgan fingerprint density at radius 3 is 2.44 bits per heavy atom. The predicted molar refractivity (Wildman–Crippen MR) is 95.4 cm³/mol. The lowest BCUT2D eigenvalue weighted by Gasteiger charge is -2.25. The molecule has 2 amide bonds. The summed E-state index contributed by atoms with van der Waals surface area (Å²) < 4.78 is 2.73. The van der Waals surface area contributed by atoms with Crippen molar-refractivity contribution in [3.63, 3.8) is 0 Å². The van der Waals surface area contributed by atoms with Gasteiger partial charge in [0.2, 0.25) is 5.91 Å². The van der Waals surface area contributed by atoms with Crippen LogP contribution in [0.4, 0.5) is 4.79 Å². The topological polar surface area (TPSA) is 99.1 Å². The molecule has 25 heavy (non-hydrogen) atoms. The predicted octanol–water partition coefficient (Wildman–Crippen LogP) is 1.81. The van der Waals surface area contributed by atoms with Gasteiger partial charge in [-0.25, -0.2) is 14.2 Å². The van der Waals surface area contributed by atoms with E-state index < -0.39 is 23.2 Å². The molecule has 0 bridgehead atoms. The van der Waals surface area contributed by atoms with E-state index in [0.717, 1.165) is 16.5 Å². The van der Waals surface area contributed by atoms with Gasteiger partial charge in [-0.1, -0.05) is 31.4 Å². The van der Waals surface area contributed by atoms with Crippen molar-refractivity contribution >= 4 is 23.0 Å². The van der Waals surface area contributed by atoms with Gasteiger partial charge in [0, 0.05) is 6.54 Å². The first-order valence-electron chi connectivity index (χ1n) is 8.64. The first-order valence-corrected chi connectivity index (χ1v) is 8.64. The summed E-state index contributed by atoms with van der Waals surface area (Å²) >= 11 is 0. The number of nitrogens with zero attached hydrogens (tertiary/aromatic N) is 2. The van der Waals surface area contributed by atoms with Gasteiger partial charge in [-0.3, -0.25) is 9.36 Å². The van der Waals surface area contributed by atoms with E-state index in [-0.39, 0.29) is 0 Å². The molecule has 134 valence electrons. The number of amides is 2. The minimum Gasteiger partial charge on any atom is -0.368 e. The van der Waals surface area contributed by atoms with E-state index in [4.69, 9.17) is 5.73 Å². The van der Waals surface area contributed by atoms with Crippen LogP contribution in [0.5, 0.6) is 0 Å². The molecule has 1 saturated carbocycles. The number of carbonyl (C=O) groups excluding carboxylic acids is 2. The summed E-state index contributed by atoms with van der Waals surface area (Å²) in [7, 11) is 0. The summed E-state index contributed by atoms with van der Waals surface area (Å²) in [6.07, 6.45) is 4.61. The van der Waals surface area contributed by atoms with Gasteiger partial charge in [-0.15, -0.1) is 0 Å². The van der Waals surface area contributed by atoms with Crippen LogP contribution in [0.15, 0.2) is 29.1 Å². The molecule has 0 radical (unpaired) electrons. The maximum Gasteiger partial charge on any atom is 0.337 e. The van der Waals surface area contributed by atoms with Gasteiger partial charge in [-0.2, -0.15) is 0 Å². The quantitative estimate of drug-likeness (QED) is 0.865. The van der Waals surface area contributed by atoms with E-state index in [2.05, 4.69) is 5.32 Å². The number of rotatable bonds is 5. The van der Waals surface area contributed by atoms with Crippen molar-refractivity contribution in [3.8, 4) is 0 Å². The lowest BCUT2D eigenvalue weighted by Crippen LogP contribution is -2.55. The Balaban J connectivity index is 1.97. The maximum absolute atomic E-state index is 12.9. The molecule has 0 saturated heterocycles.